The number of nitrogens with zero attached hydrogens (tertiary/aromatic N) is 2. The van der Waals surface area contributed by atoms with E-state index in [1.54, 1.807) is 6.20 Å². The van der Waals surface area contributed by atoms with E-state index in [2.05, 4.69) is 18.0 Å². The Hall–Kier alpha value is -1.36. The highest BCUT2D eigenvalue weighted by atomic mass is 14.6. The van der Waals surface area contributed by atoms with E-state index in [0.29, 0.717) is 0 Å². The van der Waals surface area contributed by atoms with E-state index in [1.165, 1.54) is 12.8 Å². The quantitative estimate of drug-likeness (QED) is 0.752. The molecule has 0 amide bonds. The summed E-state index contributed by atoms with van der Waals surface area (Å²) in [5.74, 6) is 0.745. The highest BCUT2D eigenvalue weighted by Gasteiger charge is 2.45. The van der Waals surface area contributed by atoms with Crippen molar-refractivity contribution in [1.29, 1.82) is 5.26 Å². The molecule has 0 radical (unpaired) electrons. The van der Waals surface area contributed by atoms with Gasteiger partial charge in [-0.3, -0.25) is 4.98 Å². The van der Waals surface area contributed by atoms with Crippen molar-refractivity contribution in [2.75, 3.05) is 0 Å². The summed E-state index contributed by atoms with van der Waals surface area (Å²) >= 11 is 0. The molecule has 1 heterocycles. The van der Waals surface area contributed by atoms with Gasteiger partial charge in [-0.1, -0.05) is 25.8 Å². The number of aromatic nitrogens is 1. The molecule has 2 rings (SSSR count). The molecule has 2 nitrogen and oxygen atoms in total. The SMILES string of the molecule is CCCC1CC(C#N)(c2cccnc2)C1. The predicted molar refractivity (Wildman–Crippen MR) is 59.2 cm³/mol. The fraction of sp³-hybridized carbons (Fsp3) is 0.538. The summed E-state index contributed by atoms with van der Waals surface area (Å²) < 4.78 is 0. The summed E-state index contributed by atoms with van der Waals surface area (Å²) in [6.45, 7) is 2.20. The molecule has 2 heteroatoms. The van der Waals surface area contributed by atoms with Gasteiger partial charge in [0.05, 0.1) is 11.5 Å². The number of hydrogen-bond donors (Lipinski definition) is 0. The molecule has 1 aromatic rings. The number of nitriles is 1. The Labute approximate surface area is 91.0 Å². The van der Waals surface area contributed by atoms with Gasteiger partial charge in [0, 0.05) is 12.4 Å². The third kappa shape index (κ3) is 1.74. The van der Waals surface area contributed by atoms with Crippen LogP contribution >= 0.6 is 0 Å². The standard InChI is InChI=1S/C13H16N2/c1-2-4-11-7-13(8-11,10-14)12-5-3-6-15-9-12/h3,5-6,9,11H,2,4,7-8H2,1H3. The van der Waals surface area contributed by atoms with Gasteiger partial charge in [0.25, 0.3) is 0 Å². The molecule has 0 bridgehead atoms. The van der Waals surface area contributed by atoms with Crippen LogP contribution in [0.2, 0.25) is 0 Å². The summed E-state index contributed by atoms with van der Waals surface area (Å²) in [6, 6.07) is 6.42. The van der Waals surface area contributed by atoms with E-state index in [0.717, 1.165) is 24.3 Å². The molecule has 0 aromatic carbocycles. The summed E-state index contributed by atoms with van der Waals surface area (Å²) in [5, 5.41) is 9.30. The molecule has 1 aliphatic carbocycles. The van der Waals surface area contributed by atoms with Crippen molar-refractivity contribution >= 4 is 0 Å². The van der Waals surface area contributed by atoms with Crippen molar-refractivity contribution in [3.63, 3.8) is 0 Å². The van der Waals surface area contributed by atoms with Crippen LogP contribution in [-0.2, 0) is 5.41 Å². The largest absolute Gasteiger partial charge is 0.264 e. The fourth-order valence-corrected chi connectivity index (χ4v) is 2.58. The number of pyridine rings is 1. The fourth-order valence-electron chi connectivity index (χ4n) is 2.58. The molecule has 0 spiro atoms. The molecule has 0 saturated heterocycles. The van der Waals surface area contributed by atoms with Crippen molar-refractivity contribution in [2.45, 2.75) is 38.0 Å². The van der Waals surface area contributed by atoms with Gasteiger partial charge >= 0.3 is 0 Å². The van der Waals surface area contributed by atoms with Crippen LogP contribution in [0.5, 0.6) is 0 Å². The van der Waals surface area contributed by atoms with E-state index in [9.17, 15) is 5.26 Å². The van der Waals surface area contributed by atoms with Crippen LogP contribution < -0.4 is 0 Å². The normalized spacial score (nSPS) is 29.2. The monoisotopic (exact) mass is 200 g/mol. The summed E-state index contributed by atoms with van der Waals surface area (Å²) in [7, 11) is 0. The first-order chi connectivity index (χ1) is 7.30. The zero-order valence-corrected chi connectivity index (χ0v) is 9.11. The lowest BCUT2D eigenvalue weighted by Crippen LogP contribution is -2.40. The van der Waals surface area contributed by atoms with E-state index in [4.69, 9.17) is 0 Å². The van der Waals surface area contributed by atoms with Crippen LogP contribution in [0.25, 0.3) is 0 Å². The molecule has 1 aromatic heterocycles. The van der Waals surface area contributed by atoms with Crippen LogP contribution in [0.1, 0.15) is 38.2 Å². The van der Waals surface area contributed by atoms with Crippen LogP contribution in [-0.4, -0.2) is 4.98 Å². The van der Waals surface area contributed by atoms with E-state index < -0.39 is 0 Å². The second kappa shape index (κ2) is 4.02. The molecule has 1 saturated carbocycles. The molecule has 0 aliphatic heterocycles. The maximum absolute atomic E-state index is 9.30. The summed E-state index contributed by atoms with van der Waals surface area (Å²) in [5.41, 5.74) is 0.869. The van der Waals surface area contributed by atoms with Gasteiger partial charge in [0.15, 0.2) is 0 Å². The number of rotatable bonds is 3. The third-order valence-electron chi connectivity index (χ3n) is 3.40. The average Bonchev–Trinajstić information content (AvgIpc) is 2.24. The lowest BCUT2D eigenvalue weighted by atomic mass is 9.59. The molecule has 1 aliphatic rings. The predicted octanol–water partition coefficient (Wildman–Crippen LogP) is 3.05. The van der Waals surface area contributed by atoms with Crippen molar-refractivity contribution in [2.24, 2.45) is 5.92 Å². The average molecular weight is 200 g/mol. The van der Waals surface area contributed by atoms with Gasteiger partial charge in [0.2, 0.25) is 0 Å². The first-order valence-corrected chi connectivity index (χ1v) is 5.62. The van der Waals surface area contributed by atoms with Crippen LogP contribution in [0, 0.1) is 17.2 Å². The second-order valence-electron chi connectivity index (χ2n) is 4.50. The Balaban J connectivity index is 2.12. The van der Waals surface area contributed by atoms with Gasteiger partial charge in [-0.2, -0.15) is 5.26 Å². The first-order valence-electron chi connectivity index (χ1n) is 5.62. The Morgan fingerprint density at radius 2 is 2.40 bits per heavy atom. The van der Waals surface area contributed by atoms with E-state index in [1.807, 2.05) is 18.3 Å². The third-order valence-corrected chi connectivity index (χ3v) is 3.40. The lowest BCUT2D eigenvalue weighted by molar-refractivity contribution is 0.184. The minimum Gasteiger partial charge on any atom is -0.264 e. The smallest absolute Gasteiger partial charge is 0.0842 e. The molecule has 15 heavy (non-hydrogen) atoms. The van der Waals surface area contributed by atoms with E-state index in [-0.39, 0.29) is 5.41 Å². The van der Waals surface area contributed by atoms with Crippen LogP contribution in [0.15, 0.2) is 24.5 Å². The maximum atomic E-state index is 9.30. The van der Waals surface area contributed by atoms with Crippen molar-refractivity contribution in [3.05, 3.63) is 30.1 Å². The van der Waals surface area contributed by atoms with Crippen LogP contribution in [0.3, 0.4) is 0 Å². The minimum absolute atomic E-state index is 0.228. The molecular formula is C13H16N2. The zero-order valence-electron chi connectivity index (χ0n) is 9.11. The highest BCUT2D eigenvalue weighted by molar-refractivity contribution is 5.33. The van der Waals surface area contributed by atoms with Gasteiger partial charge in [0.1, 0.15) is 0 Å². The minimum atomic E-state index is -0.228. The van der Waals surface area contributed by atoms with Gasteiger partial charge in [-0.15, -0.1) is 0 Å². The molecule has 0 unspecified atom stereocenters. The van der Waals surface area contributed by atoms with Gasteiger partial charge < -0.3 is 0 Å². The zero-order chi connectivity index (χ0) is 10.7. The Kier molecular flexibility index (Phi) is 2.73. The van der Waals surface area contributed by atoms with Crippen LogP contribution in [0.4, 0.5) is 0 Å². The Morgan fingerprint density at radius 1 is 1.60 bits per heavy atom. The molecular weight excluding hydrogens is 184 g/mol. The highest BCUT2D eigenvalue weighted by Crippen LogP contribution is 2.48. The topological polar surface area (TPSA) is 36.7 Å². The maximum Gasteiger partial charge on any atom is 0.0842 e. The van der Waals surface area contributed by atoms with E-state index >= 15 is 0 Å². The van der Waals surface area contributed by atoms with Gasteiger partial charge in [-0.25, -0.2) is 0 Å². The molecule has 0 N–H and O–H groups in total. The summed E-state index contributed by atoms with van der Waals surface area (Å²) in [4.78, 5) is 4.10. The lowest BCUT2D eigenvalue weighted by Gasteiger charge is -2.42. The van der Waals surface area contributed by atoms with Crippen molar-refractivity contribution in [3.8, 4) is 6.07 Å². The number of hydrogen-bond acceptors (Lipinski definition) is 2. The summed E-state index contributed by atoms with van der Waals surface area (Å²) in [6.07, 6.45) is 8.11. The first kappa shape index (κ1) is 10.2. The second-order valence-corrected chi connectivity index (χ2v) is 4.50. The Morgan fingerprint density at radius 3 is 2.93 bits per heavy atom. The van der Waals surface area contributed by atoms with Crippen molar-refractivity contribution < 1.29 is 0 Å². The van der Waals surface area contributed by atoms with Gasteiger partial charge in [-0.05, 0) is 30.4 Å². The molecule has 1 fully saturated rings. The van der Waals surface area contributed by atoms with Crippen molar-refractivity contribution in [1.82, 2.24) is 4.98 Å². The Bertz CT molecular complexity index is 358. The molecule has 78 valence electrons. The molecule has 0 atom stereocenters.